The smallest absolute Gasteiger partial charge is 0.322 e. The third kappa shape index (κ3) is 5.40. The minimum atomic E-state index is 0.00200. The van der Waals surface area contributed by atoms with Crippen LogP contribution in [-0.4, -0.2) is 68.5 Å². The SMILES string of the molecule is COCCCN(C(=O)Nc1ccccc1SC)C1CCN(C)CC1. The number of carbonyl (C=O) groups is 1. The molecule has 1 aliphatic heterocycles. The molecule has 6 heteroatoms. The molecule has 1 aromatic rings. The van der Waals surface area contributed by atoms with Crippen LogP contribution in [0.1, 0.15) is 19.3 Å². The summed E-state index contributed by atoms with van der Waals surface area (Å²) in [7, 11) is 3.84. The van der Waals surface area contributed by atoms with Gasteiger partial charge in [0.2, 0.25) is 0 Å². The Labute approximate surface area is 149 Å². The van der Waals surface area contributed by atoms with Crippen molar-refractivity contribution in [1.82, 2.24) is 9.80 Å². The van der Waals surface area contributed by atoms with E-state index in [1.54, 1.807) is 18.9 Å². The van der Waals surface area contributed by atoms with Gasteiger partial charge in [-0.05, 0) is 57.8 Å². The zero-order chi connectivity index (χ0) is 17.4. The number of thioether (sulfide) groups is 1. The van der Waals surface area contributed by atoms with Crippen molar-refractivity contribution in [3.8, 4) is 0 Å². The fourth-order valence-electron chi connectivity index (χ4n) is 3.07. The van der Waals surface area contributed by atoms with E-state index in [1.807, 2.05) is 35.4 Å². The molecule has 1 aliphatic rings. The Kier molecular flexibility index (Phi) is 7.88. The van der Waals surface area contributed by atoms with Crippen LogP contribution >= 0.6 is 11.8 Å². The second-order valence-electron chi connectivity index (χ2n) is 6.20. The lowest BCUT2D eigenvalue weighted by Crippen LogP contribution is -2.48. The third-order valence-corrected chi connectivity index (χ3v) is 5.28. The zero-order valence-electron chi connectivity index (χ0n) is 15.0. The van der Waals surface area contributed by atoms with Gasteiger partial charge in [0, 0.05) is 31.2 Å². The monoisotopic (exact) mass is 351 g/mol. The third-order valence-electron chi connectivity index (χ3n) is 4.49. The van der Waals surface area contributed by atoms with Crippen LogP contribution in [0.2, 0.25) is 0 Å². The van der Waals surface area contributed by atoms with Crippen molar-refractivity contribution >= 4 is 23.5 Å². The van der Waals surface area contributed by atoms with E-state index in [0.29, 0.717) is 12.6 Å². The van der Waals surface area contributed by atoms with Gasteiger partial charge < -0.3 is 19.9 Å². The van der Waals surface area contributed by atoms with Gasteiger partial charge in [-0.25, -0.2) is 4.79 Å². The summed E-state index contributed by atoms with van der Waals surface area (Å²) in [5.41, 5.74) is 0.889. The summed E-state index contributed by atoms with van der Waals surface area (Å²) in [6, 6.07) is 8.26. The largest absolute Gasteiger partial charge is 0.385 e. The molecule has 134 valence electrons. The Bertz CT molecular complexity index is 519. The maximum absolute atomic E-state index is 12.9. The summed E-state index contributed by atoms with van der Waals surface area (Å²) >= 11 is 1.65. The summed E-state index contributed by atoms with van der Waals surface area (Å²) in [4.78, 5) is 18.3. The molecule has 0 unspecified atom stereocenters. The van der Waals surface area contributed by atoms with Crippen molar-refractivity contribution in [3.63, 3.8) is 0 Å². The molecule has 5 nitrogen and oxygen atoms in total. The lowest BCUT2D eigenvalue weighted by Gasteiger charge is -2.37. The Morgan fingerprint density at radius 1 is 1.38 bits per heavy atom. The van der Waals surface area contributed by atoms with Crippen LogP contribution in [0, 0.1) is 0 Å². The van der Waals surface area contributed by atoms with Crippen molar-refractivity contribution in [1.29, 1.82) is 0 Å². The molecule has 1 N–H and O–H groups in total. The number of amides is 2. The number of para-hydroxylation sites is 1. The molecule has 0 atom stereocenters. The van der Waals surface area contributed by atoms with E-state index in [0.717, 1.165) is 49.5 Å². The number of urea groups is 1. The van der Waals surface area contributed by atoms with Crippen molar-refractivity contribution in [2.75, 3.05) is 52.0 Å². The van der Waals surface area contributed by atoms with Crippen LogP contribution in [-0.2, 0) is 4.74 Å². The molecular weight excluding hydrogens is 322 g/mol. The second kappa shape index (κ2) is 9.91. The summed E-state index contributed by atoms with van der Waals surface area (Å²) in [5.74, 6) is 0. The minimum Gasteiger partial charge on any atom is -0.385 e. The second-order valence-corrected chi connectivity index (χ2v) is 7.05. The Balaban J connectivity index is 2.05. The van der Waals surface area contributed by atoms with Crippen LogP contribution in [0.25, 0.3) is 0 Å². The molecule has 1 fully saturated rings. The number of carbonyl (C=O) groups excluding carboxylic acids is 1. The molecule has 0 radical (unpaired) electrons. The molecule has 1 aromatic carbocycles. The first-order valence-corrected chi connectivity index (χ1v) is 9.76. The van der Waals surface area contributed by atoms with Gasteiger partial charge in [-0.3, -0.25) is 0 Å². The number of methoxy groups -OCH3 is 1. The van der Waals surface area contributed by atoms with E-state index in [1.165, 1.54) is 0 Å². The molecule has 0 aliphatic carbocycles. The summed E-state index contributed by atoms with van der Waals surface area (Å²) in [6.45, 7) is 3.49. The predicted octanol–water partition coefficient (Wildman–Crippen LogP) is 3.37. The highest BCUT2D eigenvalue weighted by Gasteiger charge is 2.27. The van der Waals surface area contributed by atoms with Gasteiger partial charge in [-0.2, -0.15) is 0 Å². The fraction of sp³-hybridized carbons (Fsp3) is 0.611. The van der Waals surface area contributed by atoms with E-state index in [9.17, 15) is 4.79 Å². The Hall–Kier alpha value is -1.24. The highest BCUT2D eigenvalue weighted by atomic mass is 32.2. The van der Waals surface area contributed by atoms with Crippen LogP contribution in [0.5, 0.6) is 0 Å². The standard InChI is InChI=1S/C18H29N3O2S/c1-20-12-9-15(10-13-20)21(11-6-14-23-2)18(22)19-16-7-4-5-8-17(16)24-3/h4-5,7-8,15H,6,9-14H2,1-3H3,(H,19,22). The number of benzene rings is 1. The lowest BCUT2D eigenvalue weighted by atomic mass is 10.0. The highest BCUT2D eigenvalue weighted by molar-refractivity contribution is 7.98. The van der Waals surface area contributed by atoms with E-state index in [-0.39, 0.29) is 6.03 Å². The number of anilines is 1. The number of nitrogens with zero attached hydrogens (tertiary/aromatic N) is 2. The van der Waals surface area contributed by atoms with Crippen molar-refractivity contribution in [3.05, 3.63) is 24.3 Å². The van der Waals surface area contributed by atoms with Crippen molar-refractivity contribution < 1.29 is 9.53 Å². The van der Waals surface area contributed by atoms with Gasteiger partial charge in [0.15, 0.2) is 0 Å². The van der Waals surface area contributed by atoms with Gasteiger partial charge in [0.25, 0.3) is 0 Å². The summed E-state index contributed by atoms with van der Waals surface area (Å²) < 4.78 is 5.16. The van der Waals surface area contributed by atoms with Crippen LogP contribution in [0.15, 0.2) is 29.2 Å². The van der Waals surface area contributed by atoms with Gasteiger partial charge in [0.05, 0.1) is 5.69 Å². The molecule has 2 rings (SSSR count). The Morgan fingerprint density at radius 3 is 2.75 bits per heavy atom. The quantitative estimate of drug-likeness (QED) is 0.604. The van der Waals surface area contributed by atoms with Crippen LogP contribution < -0.4 is 5.32 Å². The first-order valence-electron chi connectivity index (χ1n) is 8.53. The van der Waals surface area contributed by atoms with E-state index in [4.69, 9.17) is 4.74 Å². The summed E-state index contributed by atoms with van der Waals surface area (Å²) in [6.07, 6.45) is 4.95. The normalized spacial score (nSPS) is 16.1. The first-order chi connectivity index (χ1) is 11.7. The highest BCUT2D eigenvalue weighted by Crippen LogP contribution is 2.25. The molecule has 0 spiro atoms. The van der Waals surface area contributed by atoms with Crippen LogP contribution in [0.4, 0.5) is 10.5 Å². The summed E-state index contributed by atoms with van der Waals surface area (Å²) in [5, 5.41) is 3.11. The maximum atomic E-state index is 12.9. The average Bonchev–Trinajstić information content (AvgIpc) is 2.60. The molecule has 2 amide bonds. The number of hydrogen-bond acceptors (Lipinski definition) is 4. The van der Waals surface area contributed by atoms with E-state index >= 15 is 0 Å². The molecular formula is C18H29N3O2S. The van der Waals surface area contributed by atoms with Gasteiger partial charge in [-0.1, -0.05) is 12.1 Å². The number of nitrogens with one attached hydrogen (secondary N) is 1. The van der Waals surface area contributed by atoms with Gasteiger partial charge >= 0.3 is 6.03 Å². The van der Waals surface area contributed by atoms with E-state index in [2.05, 4.69) is 17.3 Å². The van der Waals surface area contributed by atoms with Crippen LogP contribution in [0.3, 0.4) is 0 Å². The molecule has 1 saturated heterocycles. The number of piperidine rings is 1. The number of rotatable bonds is 7. The molecule has 0 bridgehead atoms. The van der Waals surface area contributed by atoms with Crippen molar-refractivity contribution in [2.45, 2.75) is 30.2 Å². The first kappa shape index (κ1) is 19.1. The minimum absolute atomic E-state index is 0.00200. The van der Waals surface area contributed by atoms with Gasteiger partial charge in [-0.15, -0.1) is 11.8 Å². The maximum Gasteiger partial charge on any atom is 0.322 e. The zero-order valence-corrected chi connectivity index (χ0v) is 15.8. The topological polar surface area (TPSA) is 44.8 Å². The molecule has 0 saturated carbocycles. The predicted molar refractivity (Wildman–Crippen MR) is 101 cm³/mol. The average molecular weight is 352 g/mol. The van der Waals surface area contributed by atoms with Gasteiger partial charge in [0.1, 0.15) is 0 Å². The number of ether oxygens (including phenoxy) is 1. The lowest BCUT2D eigenvalue weighted by molar-refractivity contribution is 0.125. The molecule has 0 aromatic heterocycles. The number of likely N-dealkylation sites (tertiary alicyclic amines) is 1. The Morgan fingerprint density at radius 2 is 2.08 bits per heavy atom. The molecule has 1 heterocycles. The van der Waals surface area contributed by atoms with E-state index < -0.39 is 0 Å². The number of hydrogen-bond donors (Lipinski definition) is 1. The molecule has 24 heavy (non-hydrogen) atoms. The van der Waals surface area contributed by atoms with Crippen molar-refractivity contribution in [2.24, 2.45) is 0 Å². The fourth-order valence-corrected chi connectivity index (χ4v) is 3.62.